The van der Waals surface area contributed by atoms with Crippen molar-refractivity contribution >= 4 is 62.0 Å². The highest BCUT2D eigenvalue weighted by atomic mass is 35.5. The molecular formula is C13H8Cl2N2OS2. The summed E-state index contributed by atoms with van der Waals surface area (Å²) in [5.41, 5.74) is 0.793. The molecule has 1 aromatic carbocycles. The van der Waals surface area contributed by atoms with Crippen molar-refractivity contribution in [3.8, 4) is 0 Å². The number of benzene rings is 1. The second kappa shape index (κ2) is 5.33. The van der Waals surface area contributed by atoms with Crippen LogP contribution in [-0.4, -0.2) is 10.5 Å². The summed E-state index contributed by atoms with van der Waals surface area (Å²) < 4.78 is 2.62. The molecule has 0 aliphatic carbocycles. The predicted molar refractivity (Wildman–Crippen MR) is 85.0 cm³/mol. The summed E-state index contributed by atoms with van der Waals surface area (Å²) in [7, 11) is 1.82. The van der Waals surface area contributed by atoms with Crippen LogP contribution in [0.15, 0.2) is 34.6 Å². The van der Waals surface area contributed by atoms with Gasteiger partial charge in [0.1, 0.15) is 0 Å². The molecule has 0 unspecified atom stereocenters. The molecule has 0 fully saturated rings. The molecule has 0 N–H and O–H groups in total. The molecule has 20 heavy (non-hydrogen) atoms. The second-order valence-corrected chi connectivity index (χ2v) is 6.78. The van der Waals surface area contributed by atoms with Crippen LogP contribution in [0.2, 0.25) is 10.0 Å². The number of aromatic nitrogens is 1. The molecule has 2 aromatic heterocycles. The van der Waals surface area contributed by atoms with E-state index in [1.54, 1.807) is 22.8 Å². The van der Waals surface area contributed by atoms with Gasteiger partial charge in [-0.3, -0.25) is 4.79 Å². The van der Waals surface area contributed by atoms with Crippen molar-refractivity contribution in [3.63, 3.8) is 0 Å². The third-order valence-electron chi connectivity index (χ3n) is 2.78. The highest BCUT2D eigenvalue weighted by molar-refractivity contribution is 7.17. The number of aryl methyl sites for hydroxylation is 1. The van der Waals surface area contributed by atoms with Crippen LogP contribution in [0.3, 0.4) is 0 Å². The van der Waals surface area contributed by atoms with Crippen molar-refractivity contribution < 1.29 is 4.79 Å². The summed E-state index contributed by atoms with van der Waals surface area (Å²) in [5, 5.41) is 3.05. The first kappa shape index (κ1) is 13.8. The van der Waals surface area contributed by atoms with E-state index in [2.05, 4.69) is 4.99 Å². The van der Waals surface area contributed by atoms with Gasteiger partial charge in [0.05, 0.1) is 25.1 Å². The fraction of sp³-hybridized carbons (Fsp3) is 0.0769. The van der Waals surface area contributed by atoms with Gasteiger partial charge in [-0.15, -0.1) is 11.3 Å². The van der Waals surface area contributed by atoms with E-state index in [1.165, 1.54) is 22.7 Å². The normalized spacial score (nSPS) is 12.2. The van der Waals surface area contributed by atoms with Crippen molar-refractivity contribution in [2.24, 2.45) is 12.0 Å². The van der Waals surface area contributed by atoms with E-state index >= 15 is 0 Å². The average Bonchev–Trinajstić information content (AvgIpc) is 3.04. The minimum Gasteiger partial charge on any atom is -0.318 e. The van der Waals surface area contributed by atoms with Crippen LogP contribution in [0.1, 0.15) is 9.67 Å². The van der Waals surface area contributed by atoms with Crippen molar-refractivity contribution in [2.75, 3.05) is 0 Å². The van der Waals surface area contributed by atoms with Gasteiger partial charge >= 0.3 is 0 Å². The zero-order valence-electron chi connectivity index (χ0n) is 10.3. The molecular weight excluding hydrogens is 335 g/mol. The molecule has 0 saturated heterocycles. The number of carbonyl (C=O) groups is 1. The quantitative estimate of drug-likeness (QED) is 0.647. The smallest absolute Gasteiger partial charge is 0.289 e. The molecule has 0 bridgehead atoms. The lowest BCUT2D eigenvalue weighted by Gasteiger charge is -1.99. The van der Waals surface area contributed by atoms with Gasteiger partial charge in [0.2, 0.25) is 0 Å². The van der Waals surface area contributed by atoms with E-state index in [0.29, 0.717) is 19.7 Å². The molecule has 3 nitrogen and oxygen atoms in total. The molecule has 0 spiro atoms. The second-order valence-electron chi connectivity index (χ2n) is 4.04. The third kappa shape index (κ3) is 2.31. The van der Waals surface area contributed by atoms with E-state index in [0.717, 1.165) is 10.2 Å². The Hall–Kier alpha value is -1.14. The first-order valence-corrected chi connectivity index (χ1v) is 8.09. The van der Waals surface area contributed by atoms with Crippen LogP contribution in [0, 0.1) is 0 Å². The molecule has 0 atom stereocenters. The Kier molecular flexibility index (Phi) is 3.69. The largest absolute Gasteiger partial charge is 0.318 e. The number of rotatable bonds is 1. The van der Waals surface area contributed by atoms with Crippen LogP contribution in [0.5, 0.6) is 0 Å². The Bertz CT molecular complexity index is 863. The Balaban J connectivity index is 2.23. The number of hydrogen-bond donors (Lipinski definition) is 0. The Morgan fingerprint density at radius 3 is 2.65 bits per heavy atom. The lowest BCUT2D eigenvalue weighted by Crippen LogP contribution is -2.12. The first-order valence-electron chi connectivity index (χ1n) is 5.64. The van der Waals surface area contributed by atoms with Gasteiger partial charge in [-0.2, -0.15) is 4.99 Å². The van der Waals surface area contributed by atoms with E-state index in [4.69, 9.17) is 23.2 Å². The number of hydrogen-bond acceptors (Lipinski definition) is 3. The highest BCUT2D eigenvalue weighted by Gasteiger charge is 2.12. The number of fused-ring (bicyclic) bond motifs is 1. The SMILES string of the molecule is Cn1c(=NC(=O)c2cccs2)sc2c(Cl)ccc(Cl)c21. The van der Waals surface area contributed by atoms with Crippen LogP contribution >= 0.6 is 45.9 Å². The standard InChI is InChI=1S/C13H8Cl2N2OS2/c1-17-10-7(14)4-5-8(15)11(10)20-13(17)16-12(18)9-3-2-6-19-9/h2-6H,1H3. The van der Waals surface area contributed by atoms with E-state index in [9.17, 15) is 4.79 Å². The maximum Gasteiger partial charge on any atom is 0.289 e. The number of thiophene rings is 1. The minimum atomic E-state index is -0.255. The summed E-state index contributed by atoms with van der Waals surface area (Å²) in [6, 6.07) is 7.06. The Morgan fingerprint density at radius 1 is 1.25 bits per heavy atom. The fourth-order valence-corrected chi connectivity index (χ4v) is 4.09. The summed E-state index contributed by atoms with van der Waals surface area (Å²) in [6.07, 6.45) is 0. The van der Waals surface area contributed by atoms with Crippen LogP contribution in [0.4, 0.5) is 0 Å². The fourth-order valence-electron chi connectivity index (χ4n) is 1.83. The molecule has 0 radical (unpaired) electrons. The maximum absolute atomic E-state index is 12.0. The van der Waals surface area contributed by atoms with E-state index < -0.39 is 0 Å². The van der Waals surface area contributed by atoms with Gasteiger partial charge in [-0.05, 0) is 23.6 Å². The molecule has 0 aliphatic heterocycles. The van der Waals surface area contributed by atoms with Gasteiger partial charge in [0, 0.05) is 7.05 Å². The monoisotopic (exact) mass is 342 g/mol. The molecule has 102 valence electrons. The van der Waals surface area contributed by atoms with E-state index in [-0.39, 0.29) is 5.91 Å². The number of carbonyl (C=O) groups excluding carboxylic acids is 1. The number of thiazole rings is 1. The lowest BCUT2D eigenvalue weighted by molar-refractivity contribution is 0.100. The van der Waals surface area contributed by atoms with Gasteiger partial charge in [-0.25, -0.2) is 0 Å². The van der Waals surface area contributed by atoms with Crippen LogP contribution in [0.25, 0.3) is 10.2 Å². The first-order chi connectivity index (χ1) is 9.58. The zero-order chi connectivity index (χ0) is 14.3. The summed E-state index contributed by atoms with van der Waals surface area (Å²) in [6.45, 7) is 0. The van der Waals surface area contributed by atoms with Crippen LogP contribution in [-0.2, 0) is 7.05 Å². The average molecular weight is 343 g/mol. The van der Waals surface area contributed by atoms with Gasteiger partial charge < -0.3 is 4.57 Å². The van der Waals surface area contributed by atoms with E-state index in [1.807, 2.05) is 18.5 Å². The maximum atomic E-state index is 12.0. The Morgan fingerprint density at radius 2 is 2.00 bits per heavy atom. The van der Waals surface area contributed by atoms with Crippen molar-refractivity contribution in [1.29, 1.82) is 0 Å². The zero-order valence-corrected chi connectivity index (χ0v) is 13.4. The van der Waals surface area contributed by atoms with Crippen molar-refractivity contribution in [3.05, 3.63) is 49.4 Å². The molecule has 7 heteroatoms. The molecule has 3 aromatic rings. The minimum absolute atomic E-state index is 0.255. The predicted octanol–water partition coefficient (Wildman–Crippen LogP) is 4.35. The van der Waals surface area contributed by atoms with Crippen molar-refractivity contribution in [2.45, 2.75) is 0 Å². The molecule has 2 heterocycles. The summed E-state index contributed by atoms with van der Waals surface area (Å²) >= 11 is 15.1. The third-order valence-corrected chi connectivity index (χ3v) is 5.53. The molecule has 1 amide bonds. The topological polar surface area (TPSA) is 34.4 Å². The molecule has 0 saturated carbocycles. The highest BCUT2D eigenvalue weighted by Crippen LogP contribution is 2.31. The van der Waals surface area contributed by atoms with Gasteiger partial charge in [-0.1, -0.05) is 40.6 Å². The number of nitrogens with zero attached hydrogens (tertiary/aromatic N) is 2. The van der Waals surface area contributed by atoms with Crippen molar-refractivity contribution in [1.82, 2.24) is 4.57 Å². The lowest BCUT2D eigenvalue weighted by atomic mass is 10.3. The Labute approximate surface area is 132 Å². The van der Waals surface area contributed by atoms with Gasteiger partial charge in [0.25, 0.3) is 5.91 Å². The number of halogens is 2. The molecule has 3 rings (SSSR count). The molecule has 0 aliphatic rings. The van der Waals surface area contributed by atoms with Gasteiger partial charge in [0.15, 0.2) is 4.80 Å². The summed E-state index contributed by atoms with van der Waals surface area (Å²) in [5.74, 6) is -0.255. The van der Waals surface area contributed by atoms with Crippen LogP contribution < -0.4 is 4.80 Å². The summed E-state index contributed by atoms with van der Waals surface area (Å²) in [4.78, 5) is 17.4. The number of amides is 1.